The van der Waals surface area contributed by atoms with E-state index in [2.05, 4.69) is 4.90 Å². The molecule has 0 saturated carbocycles. The van der Waals surface area contributed by atoms with Crippen molar-refractivity contribution in [2.75, 3.05) is 44.7 Å². The van der Waals surface area contributed by atoms with Crippen molar-refractivity contribution in [1.82, 2.24) is 14.7 Å². The number of sulfone groups is 1. The van der Waals surface area contributed by atoms with E-state index in [0.717, 1.165) is 11.1 Å². The Labute approximate surface area is 173 Å². The monoisotopic (exact) mass is 421 g/mol. The maximum Gasteiger partial charge on any atom is 0.239 e. The second-order valence-corrected chi connectivity index (χ2v) is 10.4. The summed E-state index contributed by atoms with van der Waals surface area (Å²) in [6, 6.07) is 7.37. The molecule has 0 radical (unpaired) electrons. The van der Waals surface area contributed by atoms with Gasteiger partial charge in [-0.3, -0.25) is 14.5 Å². The Balaban J connectivity index is 1.51. The Morgan fingerprint density at radius 2 is 1.83 bits per heavy atom. The van der Waals surface area contributed by atoms with Gasteiger partial charge in [-0.05, 0) is 31.4 Å². The molecule has 2 fully saturated rings. The van der Waals surface area contributed by atoms with E-state index in [-0.39, 0.29) is 35.4 Å². The van der Waals surface area contributed by atoms with Gasteiger partial charge in [-0.25, -0.2) is 8.42 Å². The fraction of sp³-hybridized carbons (Fsp3) is 0.619. The lowest BCUT2D eigenvalue weighted by Crippen LogP contribution is -2.56. The lowest BCUT2D eigenvalue weighted by Gasteiger charge is -2.39. The van der Waals surface area contributed by atoms with Crippen molar-refractivity contribution < 1.29 is 18.0 Å². The first kappa shape index (κ1) is 21.8. The molecule has 0 aromatic heterocycles. The van der Waals surface area contributed by atoms with E-state index in [4.69, 9.17) is 0 Å². The van der Waals surface area contributed by atoms with E-state index in [0.29, 0.717) is 39.0 Å². The zero-order valence-corrected chi connectivity index (χ0v) is 18.3. The molecule has 1 aromatic rings. The number of hydrogen-bond donors (Lipinski definition) is 0. The first-order chi connectivity index (χ1) is 13.7. The molecule has 1 aromatic carbocycles. The van der Waals surface area contributed by atoms with Crippen LogP contribution in [0.2, 0.25) is 0 Å². The standard InChI is InChI=1S/C21H31N3O4S/c1-16-6-4-5-7-18(16)14-20(25)24-11-9-23(10-12-24)17(2)21(26)22(3)19-8-13-29(27,28)15-19/h4-7,17,19H,8-15H2,1-3H3. The van der Waals surface area contributed by atoms with Crippen molar-refractivity contribution in [3.05, 3.63) is 35.4 Å². The Bertz CT molecular complexity index is 862. The lowest BCUT2D eigenvalue weighted by atomic mass is 10.0. The van der Waals surface area contributed by atoms with Gasteiger partial charge in [0.1, 0.15) is 0 Å². The zero-order chi connectivity index (χ0) is 21.2. The lowest BCUT2D eigenvalue weighted by molar-refractivity contribution is -0.138. The van der Waals surface area contributed by atoms with Crippen LogP contribution in [0, 0.1) is 6.92 Å². The van der Waals surface area contributed by atoms with Crippen LogP contribution in [0.5, 0.6) is 0 Å². The molecule has 0 spiro atoms. The molecule has 29 heavy (non-hydrogen) atoms. The summed E-state index contributed by atoms with van der Waals surface area (Å²) in [7, 11) is -1.32. The molecular weight excluding hydrogens is 390 g/mol. The van der Waals surface area contributed by atoms with Gasteiger partial charge in [0.2, 0.25) is 11.8 Å². The molecule has 0 aliphatic carbocycles. The highest BCUT2D eigenvalue weighted by molar-refractivity contribution is 7.91. The molecule has 3 rings (SSSR count). The van der Waals surface area contributed by atoms with Gasteiger partial charge in [0.25, 0.3) is 0 Å². The number of carbonyl (C=O) groups excluding carboxylic acids is 2. The van der Waals surface area contributed by atoms with Gasteiger partial charge >= 0.3 is 0 Å². The average molecular weight is 422 g/mol. The Hall–Kier alpha value is -1.93. The topological polar surface area (TPSA) is 78.0 Å². The Morgan fingerprint density at radius 1 is 1.17 bits per heavy atom. The summed E-state index contributed by atoms with van der Waals surface area (Å²) in [5.41, 5.74) is 2.17. The van der Waals surface area contributed by atoms with Crippen molar-refractivity contribution in [3.8, 4) is 0 Å². The smallest absolute Gasteiger partial charge is 0.239 e. The number of hydrogen-bond acceptors (Lipinski definition) is 5. The number of benzene rings is 1. The molecule has 2 unspecified atom stereocenters. The minimum Gasteiger partial charge on any atom is -0.340 e. The number of carbonyl (C=O) groups is 2. The number of aryl methyl sites for hydroxylation is 1. The Kier molecular flexibility index (Phi) is 6.63. The number of nitrogens with zero attached hydrogens (tertiary/aromatic N) is 3. The summed E-state index contributed by atoms with van der Waals surface area (Å²) in [6.07, 6.45) is 0.915. The molecule has 2 atom stereocenters. The van der Waals surface area contributed by atoms with Gasteiger partial charge < -0.3 is 9.80 Å². The van der Waals surface area contributed by atoms with E-state index in [1.807, 2.05) is 43.0 Å². The van der Waals surface area contributed by atoms with Crippen molar-refractivity contribution in [2.24, 2.45) is 0 Å². The van der Waals surface area contributed by atoms with E-state index in [9.17, 15) is 18.0 Å². The predicted molar refractivity (Wildman–Crippen MR) is 112 cm³/mol. The average Bonchev–Trinajstić information content (AvgIpc) is 3.07. The summed E-state index contributed by atoms with van der Waals surface area (Å²) >= 11 is 0. The summed E-state index contributed by atoms with van der Waals surface area (Å²) in [5.74, 6) is 0.284. The number of rotatable bonds is 5. The highest BCUT2D eigenvalue weighted by atomic mass is 32.2. The van der Waals surface area contributed by atoms with Gasteiger partial charge in [0.15, 0.2) is 9.84 Å². The van der Waals surface area contributed by atoms with E-state index in [1.165, 1.54) is 0 Å². The van der Waals surface area contributed by atoms with Gasteiger partial charge in [-0.1, -0.05) is 24.3 Å². The molecule has 2 amide bonds. The SMILES string of the molecule is Cc1ccccc1CC(=O)N1CCN(C(C)C(=O)N(C)C2CCS(=O)(=O)C2)CC1. The fourth-order valence-corrected chi connectivity index (χ4v) is 5.93. The van der Waals surface area contributed by atoms with Crippen LogP contribution in [0.25, 0.3) is 0 Å². The van der Waals surface area contributed by atoms with Crippen molar-refractivity contribution in [1.29, 1.82) is 0 Å². The summed E-state index contributed by atoms with van der Waals surface area (Å²) in [6.45, 7) is 6.37. The molecule has 2 aliphatic rings. The summed E-state index contributed by atoms with van der Waals surface area (Å²) in [4.78, 5) is 31.0. The predicted octanol–water partition coefficient (Wildman–Crippen LogP) is 0.716. The van der Waals surface area contributed by atoms with Crippen LogP contribution in [0.1, 0.15) is 24.5 Å². The number of likely N-dealkylation sites (N-methyl/N-ethyl adjacent to an activating group) is 1. The highest BCUT2D eigenvalue weighted by Gasteiger charge is 2.36. The van der Waals surface area contributed by atoms with Crippen LogP contribution in [0.3, 0.4) is 0 Å². The van der Waals surface area contributed by atoms with Crippen LogP contribution >= 0.6 is 0 Å². The third kappa shape index (κ3) is 5.17. The number of piperazine rings is 1. The minimum atomic E-state index is -3.02. The van der Waals surface area contributed by atoms with Crippen LogP contribution in [0.4, 0.5) is 0 Å². The summed E-state index contributed by atoms with van der Waals surface area (Å²) < 4.78 is 23.4. The number of amides is 2. The highest BCUT2D eigenvalue weighted by Crippen LogP contribution is 2.19. The molecule has 160 valence electrons. The molecule has 2 aliphatic heterocycles. The van der Waals surface area contributed by atoms with Crippen LogP contribution in [-0.4, -0.2) is 91.7 Å². The van der Waals surface area contributed by atoms with Gasteiger partial charge in [-0.15, -0.1) is 0 Å². The quantitative estimate of drug-likeness (QED) is 0.700. The maximum atomic E-state index is 12.8. The third-order valence-corrected chi connectivity index (χ3v) is 8.03. The molecule has 0 bridgehead atoms. The molecule has 0 N–H and O–H groups in total. The molecule has 8 heteroatoms. The van der Waals surface area contributed by atoms with Gasteiger partial charge in [-0.2, -0.15) is 0 Å². The van der Waals surface area contributed by atoms with Crippen molar-refractivity contribution in [2.45, 2.75) is 38.8 Å². The Morgan fingerprint density at radius 3 is 2.41 bits per heavy atom. The first-order valence-electron chi connectivity index (χ1n) is 10.2. The van der Waals surface area contributed by atoms with Crippen LogP contribution < -0.4 is 0 Å². The summed E-state index contributed by atoms with van der Waals surface area (Å²) in [5, 5.41) is 0. The van der Waals surface area contributed by atoms with Crippen LogP contribution in [0.15, 0.2) is 24.3 Å². The van der Waals surface area contributed by atoms with E-state index >= 15 is 0 Å². The third-order valence-electron chi connectivity index (χ3n) is 6.28. The van der Waals surface area contributed by atoms with E-state index in [1.54, 1.807) is 11.9 Å². The van der Waals surface area contributed by atoms with E-state index < -0.39 is 9.84 Å². The molecule has 2 saturated heterocycles. The molecule has 7 nitrogen and oxygen atoms in total. The van der Waals surface area contributed by atoms with Crippen LogP contribution in [-0.2, 0) is 25.8 Å². The second kappa shape index (κ2) is 8.83. The van der Waals surface area contributed by atoms with Gasteiger partial charge in [0.05, 0.1) is 24.0 Å². The van der Waals surface area contributed by atoms with Crippen molar-refractivity contribution in [3.63, 3.8) is 0 Å². The van der Waals surface area contributed by atoms with Gasteiger partial charge in [0, 0.05) is 39.3 Å². The normalized spacial score (nSPS) is 23.0. The second-order valence-electron chi connectivity index (χ2n) is 8.20. The fourth-order valence-electron chi connectivity index (χ4n) is 4.15. The van der Waals surface area contributed by atoms with Crippen molar-refractivity contribution >= 4 is 21.7 Å². The molecular formula is C21H31N3O4S. The maximum absolute atomic E-state index is 12.8. The largest absolute Gasteiger partial charge is 0.340 e. The zero-order valence-electron chi connectivity index (χ0n) is 17.5. The minimum absolute atomic E-state index is 0.0493. The molecule has 2 heterocycles. The first-order valence-corrected chi connectivity index (χ1v) is 12.0.